The molecule has 0 spiro atoms. The van der Waals surface area contributed by atoms with Crippen molar-refractivity contribution in [2.75, 3.05) is 5.73 Å². The minimum atomic E-state index is -2.41. The van der Waals surface area contributed by atoms with Gasteiger partial charge in [0.1, 0.15) is 11.6 Å². The summed E-state index contributed by atoms with van der Waals surface area (Å²) in [6.45, 7) is 1.88. The SMILES string of the molecule is Cc1c(N)nc(C2CC2)nc1-c1ccc(SC(F)F)cc1. The maximum Gasteiger partial charge on any atom is 0.288 e. The molecule has 0 amide bonds. The zero-order chi connectivity index (χ0) is 15.0. The molecule has 110 valence electrons. The van der Waals surface area contributed by atoms with Crippen molar-refractivity contribution in [2.45, 2.75) is 36.3 Å². The highest BCUT2D eigenvalue weighted by Crippen LogP contribution is 2.40. The summed E-state index contributed by atoms with van der Waals surface area (Å²) in [5.74, 6) is -0.707. The summed E-state index contributed by atoms with van der Waals surface area (Å²) in [7, 11) is 0. The van der Waals surface area contributed by atoms with E-state index in [4.69, 9.17) is 5.73 Å². The van der Waals surface area contributed by atoms with Crippen LogP contribution in [-0.4, -0.2) is 15.7 Å². The van der Waals surface area contributed by atoms with E-state index < -0.39 is 5.76 Å². The summed E-state index contributed by atoms with van der Waals surface area (Å²) < 4.78 is 24.7. The van der Waals surface area contributed by atoms with Crippen LogP contribution in [0.15, 0.2) is 29.2 Å². The van der Waals surface area contributed by atoms with E-state index in [0.29, 0.717) is 28.4 Å². The number of aromatic nitrogens is 2. The summed E-state index contributed by atoms with van der Waals surface area (Å²) in [4.78, 5) is 9.49. The second-order valence-corrected chi connectivity index (χ2v) is 6.18. The second kappa shape index (κ2) is 5.60. The summed E-state index contributed by atoms with van der Waals surface area (Å²) >= 11 is 0.537. The molecule has 6 heteroatoms. The maximum absolute atomic E-state index is 12.3. The van der Waals surface area contributed by atoms with Gasteiger partial charge < -0.3 is 5.73 Å². The molecule has 3 rings (SSSR count). The van der Waals surface area contributed by atoms with Gasteiger partial charge in [0.2, 0.25) is 0 Å². The highest BCUT2D eigenvalue weighted by Gasteiger charge is 2.28. The number of nitrogen functional groups attached to an aromatic ring is 1. The van der Waals surface area contributed by atoms with E-state index in [1.54, 1.807) is 24.3 Å². The van der Waals surface area contributed by atoms with Gasteiger partial charge in [-0.05, 0) is 31.9 Å². The molecule has 21 heavy (non-hydrogen) atoms. The predicted molar refractivity (Wildman–Crippen MR) is 80.5 cm³/mol. The average Bonchev–Trinajstić information content (AvgIpc) is 3.26. The van der Waals surface area contributed by atoms with E-state index in [1.165, 1.54) is 0 Å². The van der Waals surface area contributed by atoms with Gasteiger partial charge in [0.05, 0.1) is 5.69 Å². The monoisotopic (exact) mass is 307 g/mol. The van der Waals surface area contributed by atoms with E-state index >= 15 is 0 Å². The van der Waals surface area contributed by atoms with Crippen molar-refractivity contribution in [3.8, 4) is 11.3 Å². The summed E-state index contributed by atoms with van der Waals surface area (Å²) in [5.41, 5.74) is 8.46. The number of hydrogen-bond donors (Lipinski definition) is 1. The Hall–Kier alpha value is -1.69. The first-order valence-electron chi connectivity index (χ1n) is 6.74. The molecule has 1 fully saturated rings. The minimum absolute atomic E-state index is 0.417. The van der Waals surface area contributed by atoms with Gasteiger partial charge in [-0.2, -0.15) is 8.78 Å². The Morgan fingerprint density at radius 1 is 1.19 bits per heavy atom. The predicted octanol–water partition coefficient (Wildman–Crippen LogP) is 4.23. The maximum atomic E-state index is 12.3. The lowest BCUT2D eigenvalue weighted by Crippen LogP contribution is -2.04. The third kappa shape index (κ3) is 3.15. The molecule has 1 aliphatic rings. The normalized spacial score (nSPS) is 14.7. The van der Waals surface area contributed by atoms with Crippen LogP contribution < -0.4 is 5.73 Å². The zero-order valence-corrected chi connectivity index (χ0v) is 12.3. The Bertz CT molecular complexity index is 655. The Kier molecular flexibility index (Phi) is 3.80. The van der Waals surface area contributed by atoms with Crippen molar-refractivity contribution in [1.29, 1.82) is 0 Å². The van der Waals surface area contributed by atoms with E-state index in [9.17, 15) is 8.78 Å². The molecular formula is C15H15F2N3S. The molecule has 1 aromatic carbocycles. The lowest BCUT2D eigenvalue weighted by molar-refractivity contribution is 0.252. The van der Waals surface area contributed by atoms with E-state index in [-0.39, 0.29) is 0 Å². The molecule has 1 heterocycles. The molecule has 0 aliphatic heterocycles. The van der Waals surface area contributed by atoms with Crippen molar-refractivity contribution >= 4 is 17.6 Å². The quantitative estimate of drug-likeness (QED) is 0.859. The number of thioether (sulfide) groups is 1. The van der Waals surface area contributed by atoms with E-state index in [1.807, 2.05) is 6.92 Å². The fourth-order valence-electron chi connectivity index (χ4n) is 2.15. The van der Waals surface area contributed by atoms with Crippen LogP contribution >= 0.6 is 11.8 Å². The minimum Gasteiger partial charge on any atom is -0.383 e. The third-order valence-corrected chi connectivity index (χ3v) is 4.22. The van der Waals surface area contributed by atoms with Crippen LogP contribution in [0.5, 0.6) is 0 Å². The van der Waals surface area contributed by atoms with Gasteiger partial charge in [0.15, 0.2) is 0 Å². The number of halogens is 2. The molecular weight excluding hydrogens is 292 g/mol. The van der Waals surface area contributed by atoms with Crippen molar-refractivity contribution in [3.63, 3.8) is 0 Å². The van der Waals surface area contributed by atoms with Crippen molar-refractivity contribution in [1.82, 2.24) is 9.97 Å². The molecule has 0 radical (unpaired) electrons. The largest absolute Gasteiger partial charge is 0.383 e. The Morgan fingerprint density at radius 2 is 1.86 bits per heavy atom. The van der Waals surface area contributed by atoms with Gasteiger partial charge in [-0.1, -0.05) is 23.9 Å². The number of hydrogen-bond acceptors (Lipinski definition) is 4. The summed E-state index contributed by atoms with van der Waals surface area (Å²) in [5, 5.41) is 0. The van der Waals surface area contributed by atoms with Gasteiger partial charge >= 0.3 is 0 Å². The Balaban J connectivity index is 1.95. The molecule has 0 unspecified atom stereocenters. The van der Waals surface area contributed by atoms with Crippen molar-refractivity contribution in [2.24, 2.45) is 0 Å². The Morgan fingerprint density at radius 3 is 2.43 bits per heavy atom. The highest BCUT2D eigenvalue weighted by molar-refractivity contribution is 7.99. The topological polar surface area (TPSA) is 51.8 Å². The van der Waals surface area contributed by atoms with Crippen LogP contribution in [0.2, 0.25) is 0 Å². The molecule has 2 aromatic rings. The standard InChI is InChI=1S/C15H15F2N3S/c1-8-12(19-14(10-2-3-10)20-13(8)18)9-4-6-11(7-5-9)21-15(16)17/h4-7,10,15H,2-3H2,1H3,(H2,18,19,20). The molecule has 1 aliphatic carbocycles. The average molecular weight is 307 g/mol. The highest BCUT2D eigenvalue weighted by atomic mass is 32.2. The molecule has 2 N–H and O–H groups in total. The van der Waals surface area contributed by atoms with Crippen molar-refractivity contribution in [3.05, 3.63) is 35.7 Å². The first kappa shape index (κ1) is 14.3. The zero-order valence-electron chi connectivity index (χ0n) is 11.5. The number of rotatable bonds is 4. The van der Waals surface area contributed by atoms with Gasteiger partial charge in [-0.25, -0.2) is 9.97 Å². The lowest BCUT2D eigenvalue weighted by Gasteiger charge is -2.10. The van der Waals surface area contributed by atoms with E-state index in [2.05, 4.69) is 9.97 Å². The van der Waals surface area contributed by atoms with Gasteiger partial charge in [0, 0.05) is 21.9 Å². The number of nitrogens with zero attached hydrogens (tertiary/aromatic N) is 2. The van der Waals surface area contributed by atoms with Gasteiger partial charge in [0.25, 0.3) is 5.76 Å². The first-order chi connectivity index (χ1) is 10.0. The third-order valence-electron chi connectivity index (χ3n) is 3.50. The first-order valence-corrected chi connectivity index (χ1v) is 7.62. The molecule has 1 aromatic heterocycles. The Labute approximate surface area is 126 Å². The second-order valence-electron chi connectivity index (χ2n) is 5.12. The molecule has 0 atom stereocenters. The number of benzene rings is 1. The fraction of sp³-hybridized carbons (Fsp3) is 0.333. The van der Waals surface area contributed by atoms with Crippen LogP contribution in [0.1, 0.15) is 30.1 Å². The summed E-state index contributed by atoms with van der Waals surface area (Å²) in [6.07, 6.45) is 2.21. The van der Waals surface area contributed by atoms with Crippen LogP contribution in [0, 0.1) is 6.92 Å². The number of alkyl halides is 2. The van der Waals surface area contributed by atoms with Crippen LogP contribution in [-0.2, 0) is 0 Å². The smallest absolute Gasteiger partial charge is 0.288 e. The number of nitrogens with two attached hydrogens (primary N) is 1. The van der Waals surface area contributed by atoms with Gasteiger partial charge in [-0.3, -0.25) is 0 Å². The molecule has 1 saturated carbocycles. The van der Waals surface area contributed by atoms with E-state index in [0.717, 1.165) is 35.5 Å². The fourth-order valence-corrected chi connectivity index (χ4v) is 2.65. The molecule has 3 nitrogen and oxygen atoms in total. The van der Waals surface area contributed by atoms with Crippen LogP contribution in [0.4, 0.5) is 14.6 Å². The number of anilines is 1. The van der Waals surface area contributed by atoms with Crippen LogP contribution in [0.3, 0.4) is 0 Å². The summed E-state index contributed by atoms with van der Waals surface area (Å²) in [6, 6.07) is 6.97. The van der Waals surface area contributed by atoms with Crippen LogP contribution in [0.25, 0.3) is 11.3 Å². The molecule has 0 saturated heterocycles. The molecule has 0 bridgehead atoms. The lowest BCUT2D eigenvalue weighted by atomic mass is 10.1. The van der Waals surface area contributed by atoms with Gasteiger partial charge in [-0.15, -0.1) is 0 Å². The van der Waals surface area contributed by atoms with Crippen molar-refractivity contribution < 1.29 is 8.78 Å².